The molecule has 0 heterocycles. The SMILES string of the molecule is C=Cc1ccc(Oc2ccc(C3(c4ccc(F)cc4)c4ccccc4-c4ccc(N(c5ccc(N(c6ccc(C)c(F)c6)c6ccc7c(c6)C(c6ccc(F)cc6)(c6ccc(Oc8ccc(C)cc8)cc6)c6ccccc6-7)cc5)c5ccc(C)c(F)c5)cc43)cc2)cc1. The summed E-state index contributed by atoms with van der Waals surface area (Å²) in [5.41, 5.74) is 16.9. The Kier molecular flexibility index (Phi) is 14.6. The molecular weight excluding hydrogens is 1160 g/mol. The molecule has 0 aromatic heterocycles. The van der Waals surface area contributed by atoms with Gasteiger partial charge in [0.2, 0.25) is 0 Å². The molecule has 0 amide bonds. The highest BCUT2D eigenvalue weighted by atomic mass is 19.1. The standard InChI is InChI=1S/C85H60F4N2O2/c1-5-57-18-42-71(43-19-57)93-73-46-26-61(27-47-73)85(59-22-30-63(87)31-23-59)79-13-9-7-11-75(79)77-49-39-67(51-81(77)85)91(69-33-17-56(4)83(89)53-69)65-36-34-64(35-37-65)90(68-32-16-55(3)82(88)52-68)66-38-48-76-74-10-6-8-12-78(74)84(80(76)50-66,58-20-28-62(86)29-21-58)60-24-44-72(45-25-60)92-70-40-14-54(2)15-41-70/h5-53H,1H2,2-4H3. The number of halogens is 4. The van der Waals surface area contributed by atoms with Crippen molar-refractivity contribution in [3.05, 3.63) is 388 Å². The van der Waals surface area contributed by atoms with Gasteiger partial charge in [-0.25, -0.2) is 17.6 Å². The molecule has 2 atom stereocenters. The lowest BCUT2D eigenvalue weighted by molar-refractivity contribution is 0.482. The van der Waals surface area contributed by atoms with Gasteiger partial charge in [-0.3, -0.25) is 0 Å². The van der Waals surface area contributed by atoms with E-state index in [1.807, 2.05) is 165 Å². The summed E-state index contributed by atoms with van der Waals surface area (Å²) in [6.45, 7) is 9.42. The molecule has 450 valence electrons. The van der Waals surface area contributed by atoms with Crippen molar-refractivity contribution in [2.75, 3.05) is 9.80 Å². The summed E-state index contributed by atoms with van der Waals surface area (Å²) in [5, 5.41) is 0. The van der Waals surface area contributed by atoms with Crippen LogP contribution in [0.25, 0.3) is 28.3 Å². The van der Waals surface area contributed by atoms with Crippen molar-refractivity contribution in [1.29, 1.82) is 0 Å². The summed E-state index contributed by atoms with van der Waals surface area (Å²) in [4.78, 5) is 4.11. The third-order valence-corrected chi connectivity index (χ3v) is 18.5. The minimum absolute atomic E-state index is 0.349. The van der Waals surface area contributed by atoms with Gasteiger partial charge in [0.05, 0.1) is 10.8 Å². The minimum Gasteiger partial charge on any atom is -0.457 e. The number of anilines is 6. The maximum atomic E-state index is 16.2. The molecule has 93 heavy (non-hydrogen) atoms. The molecule has 0 aliphatic heterocycles. The van der Waals surface area contributed by atoms with Crippen LogP contribution in [0.3, 0.4) is 0 Å². The van der Waals surface area contributed by atoms with Crippen molar-refractivity contribution in [2.45, 2.75) is 31.6 Å². The van der Waals surface area contributed by atoms with E-state index < -0.39 is 10.8 Å². The van der Waals surface area contributed by atoms with Gasteiger partial charge < -0.3 is 19.3 Å². The van der Waals surface area contributed by atoms with E-state index in [0.29, 0.717) is 39.8 Å². The van der Waals surface area contributed by atoms with E-state index in [9.17, 15) is 0 Å². The molecule has 8 heteroatoms. The number of aryl methyl sites for hydroxylation is 3. The average Bonchev–Trinajstić information content (AvgIpc) is 1.56. The van der Waals surface area contributed by atoms with Gasteiger partial charge in [-0.2, -0.15) is 0 Å². The molecule has 0 spiro atoms. The summed E-state index contributed by atoms with van der Waals surface area (Å²) >= 11 is 0. The van der Waals surface area contributed by atoms with E-state index >= 15 is 17.6 Å². The lowest BCUT2D eigenvalue weighted by Gasteiger charge is -2.35. The van der Waals surface area contributed by atoms with Crippen molar-refractivity contribution >= 4 is 40.2 Å². The second-order valence-electron chi connectivity index (χ2n) is 24.0. The Balaban J connectivity index is 0.874. The summed E-state index contributed by atoms with van der Waals surface area (Å²) in [5.74, 6) is 1.29. The van der Waals surface area contributed by atoms with Crippen LogP contribution in [0, 0.1) is 44.0 Å². The van der Waals surface area contributed by atoms with Gasteiger partial charge in [0.1, 0.15) is 46.3 Å². The molecule has 0 bridgehead atoms. The summed E-state index contributed by atoms with van der Waals surface area (Å²) in [6.07, 6.45) is 1.79. The van der Waals surface area contributed by atoms with E-state index in [4.69, 9.17) is 9.47 Å². The lowest BCUT2D eigenvalue weighted by Crippen LogP contribution is -2.29. The fourth-order valence-electron chi connectivity index (χ4n) is 14.0. The fourth-order valence-corrected chi connectivity index (χ4v) is 14.0. The van der Waals surface area contributed by atoms with Gasteiger partial charge in [-0.1, -0.05) is 164 Å². The zero-order valence-electron chi connectivity index (χ0n) is 51.2. The van der Waals surface area contributed by atoms with Crippen LogP contribution in [-0.2, 0) is 10.8 Å². The fraction of sp³-hybridized carbons (Fsp3) is 0.0588. The number of fused-ring (bicyclic) bond motifs is 6. The summed E-state index contributed by atoms with van der Waals surface area (Å²) < 4.78 is 75.5. The predicted octanol–water partition coefficient (Wildman–Crippen LogP) is 23.1. The number of rotatable bonds is 15. The Bertz CT molecular complexity index is 4990. The first-order valence-corrected chi connectivity index (χ1v) is 31.0. The topological polar surface area (TPSA) is 24.9 Å². The molecule has 2 unspecified atom stereocenters. The van der Waals surface area contributed by atoms with Crippen LogP contribution in [0.15, 0.2) is 298 Å². The lowest BCUT2D eigenvalue weighted by atomic mass is 9.67. The van der Waals surface area contributed by atoms with Crippen LogP contribution < -0.4 is 19.3 Å². The van der Waals surface area contributed by atoms with Gasteiger partial charge in [0.25, 0.3) is 0 Å². The average molecular weight is 1220 g/mol. The van der Waals surface area contributed by atoms with E-state index in [1.54, 1.807) is 44.2 Å². The highest BCUT2D eigenvalue weighted by molar-refractivity contribution is 5.92. The van der Waals surface area contributed by atoms with Crippen LogP contribution >= 0.6 is 0 Å². The predicted molar refractivity (Wildman–Crippen MR) is 368 cm³/mol. The molecule has 0 fully saturated rings. The first-order valence-electron chi connectivity index (χ1n) is 31.0. The van der Waals surface area contributed by atoms with Crippen molar-refractivity contribution < 1.29 is 27.0 Å². The highest BCUT2D eigenvalue weighted by Gasteiger charge is 2.48. The molecule has 13 aromatic carbocycles. The second-order valence-corrected chi connectivity index (χ2v) is 24.0. The Morgan fingerprint density at radius 2 is 0.624 bits per heavy atom. The minimum atomic E-state index is -0.956. The first kappa shape index (κ1) is 57.9. The van der Waals surface area contributed by atoms with Crippen molar-refractivity contribution in [1.82, 2.24) is 0 Å². The first-order chi connectivity index (χ1) is 45.4. The van der Waals surface area contributed by atoms with E-state index in [2.05, 4.69) is 101 Å². The second kappa shape index (κ2) is 23.4. The van der Waals surface area contributed by atoms with Gasteiger partial charge in [-0.05, 0) is 250 Å². The molecule has 0 saturated carbocycles. The molecule has 4 nitrogen and oxygen atoms in total. The Labute approximate surface area is 538 Å². The van der Waals surface area contributed by atoms with Crippen LogP contribution in [0.5, 0.6) is 23.0 Å². The summed E-state index contributed by atoms with van der Waals surface area (Å²) in [6, 6.07) is 93.4. The molecule has 2 aliphatic carbocycles. The number of hydrogen-bond acceptors (Lipinski definition) is 4. The number of nitrogens with zero attached hydrogens (tertiary/aromatic N) is 2. The molecule has 0 N–H and O–H groups in total. The highest BCUT2D eigenvalue weighted by Crippen LogP contribution is 2.60. The largest absolute Gasteiger partial charge is 0.457 e. The Morgan fingerprint density at radius 3 is 1.00 bits per heavy atom. The molecule has 2 aliphatic rings. The van der Waals surface area contributed by atoms with E-state index in [-0.39, 0.29) is 23.3 Å². The molecule has 13 aromatic rings. The van der Waals surface area contributed by atoms with Crippen molar-refractivity contribution in [3.8, 4) is 45.3 Å². The maximum absolute atomic E-state index is 16.2. The Hall–Kier alpha value is -11.5. The number of hydrogen-bond donors (Lipinski definition) is 0. The number of benzene rings is 13. The van der Waals surface area contributed by atoms with Crippen LogP contribution in [0.1, 0.15) is 66.8 Å². The molecule has 0 radical (unpaired) electrons. The van der Waals surface area contributed by atoms with Crippen LogP contribution in [0.4, 0.5) is 51.7 Å². The van der Waals surface area contributed by atoms with Crippen LogP contribution in [0.2, 0.25) is 0 Å². The Morgan fingerprint density at radius 1 is 0.312 bits per heavy atom. The van der Waals surface area contributed by atoms with Crippen molar-refractivity contribution in [2.24, 2.45) is 0 Å². The van der Waals surface area contributed by atoms with Gasteiger partial charge in [0, 0.05) is 34.1 Å². The summed E-state index contributed by atoms with van der Waals surface area (Å²) in [7, 11) is 0. The monoisotopic (exact) mass is 1220 g/mol. The molecular formula is C85H60F4N2O2. The van der Waals surface area contributed by atoms with Crippen molar-refractivity contribution in [3.63, 3.8) is 0 Å². The van der Waals surface area contributed by atoms with E-state index in [1.165, 1.54) is 24.3 Å². The molecule has 15 rings (SSSR count). The zero-order chi connectivity index (χ0) is 63.5. The van der Waals surface area contributed by atoms with Gasteiger partial charge >= 0.3 is 0 Å². The normalized spacial score (nSPS) is 15.0. The molecule has 0 saturated heterocycles. The third kappa shape index (κ3) is 10.0. The smallest absolute Gasteiger partial charge is 0.128 e. The number of ether oxygens (including phenoxy) is 2. The quantitative estimate of drug-likeness (QED) is 0.0955. The third-order valence-electron chi connectivity index (χ3n) is 18.5. The van der Waals surface area contributed by atoms with Gasteiger partial charge in [-0.15, -0.1) is 0 Å². The van der Waals surface area contributed by atoms with Gasteiger partial charge in [0.15, 0.2) is 0 Å². The van der Waals surface area contributed by atoms with Crippen LogP contribution in [-0.4, -0.2) is 0 Å². The zero-order valence-corrected chi connectivity index (χ0v) is 51.2. The van der Waals surface area contributed by atoms with E-state index in [0.717, 1.165) is 106 Å². The maximum Gasteiger partial charge on any atom is 0.128 e.